The van der Waals surface area contributed by atoms with Gasteiger partial charge in [-0.2, -0.15) is 5.10 Å². The number of benzene rings is 2. The molecule has 1 aliphatic heterocycles. The lowest BCUT2D eigenvalue weighted by Crippen LogP contribution is -2.48. The smallest absolute Gasteiger partial charge is 0.184 e. The molecule has 3 atom stereocenters. The summed E-state index contributed by atoms with van der Waals surface area (Å²) in [5, 5.41) is 16.9. The predicted molar refractivity (Wildman–Crippen MR) is 107 cm³/mol. The van der Waals surface area contributed by atoms with Crippen molar-refractivity contribution >= 4 is 27.5 Å². The molecule has 2 aliphatic rings. The summed E-state index contributed by atoms with van der Waals surface area (Å²) in [4.78, 5) is 0. The molecular weight excluding hydrogens is 428 g/mol. The number of halogens is 2. The Labute approximate surface area is 170 Å². The Hall–Kier alpha value is -1.82. The van der Waals surface area contributed by atoms with Crippen LogP contribution < -0.4 is 4.74 Å². The van der Waals surface area contributed by atoms with Crippen LogP contribution in [0.25, 0.3) is 0 Å². The van der Waals surface area contributed by atoms with Gasteiger partial charge in [0.2, 0.25) is 0 Å². The molecule has 1 fully saturated rings. The minimum absolute atomic E-state index is 0.0135. The Morgan fingerprint density at radius 2 is 1.89 bits per heavy atom. The Kier molecular flexibility index (Phi) is 3.74. The normalized spacial score (nSPS) is 28.7. The van der Waals surface area contributed by atoms with Crippen molar-refractivity contribution in [3.63, 3.8) is 0 Å². The molecule has 138 valence electrons. The summed E-state index contributed by atoms with van der Waals surface area (Å²) >= 11 is 9.95. The number of aryl methyl sites for hydroxylation is 1. The average Bonchev–Trinajstić information content (AvgIpc) is 3.22. The second-order valence-electron chi connectivity index (χ2n) is 7.30. The summed E-state index contributed by atoms with van der Waals surface area (Å²) < 4.78 is 9.13. The number of nitrogens with zero attached hydrogens (tertiary/aromatic N) is 2. The van der Waals surface area contributed by atoms with Crippen LogP contribution in [0.4, 0.5) is 0 Å². The maximum Gasteiger partial charge on any atom is 0.184 e. The van der Waals surface area contributed by atoms with Gasteiger partial charge in [-0.25, -0.2) is 0 Å². The zero-order chi connectivity index (χ0) is 18.8. The lowest BCUT2D eigenvalue weighted by molar-refractivity contribution is -0.108. The Balaban J connectivity index is 1.77. The molecule has 0 saturated heterocycles. The molecule has 1 aliphatic carbocycles. The molecule has 6 heteroatoms. The summed E-state index contributed by atoms with van der Waals surface area (Å²) in [7, 11) is 1.76. The molecule has 1 aromatic heterocycles. The molecule has 1 saturated carbocycles. The molecule has 0 amide bonds. The summed E-state index contributed by atoms with van der Waals surface area (Å²) in [5.41, 5.74) is 0.418. The van der Waals surface area contributed by atoms with Crippen molar-refractivity contribution in [2.24, 2.45) is 7.05 Å². The highest BCUT2D eigenvalue weighted by Gasteiger charge is 2.70. The van der Waals surface area contributed by atoms with Crippen molar-refractivity contribution in [2.75, 3.05) is 0 Å². The van der Waals surface area contributed by atoms with E-state index in [4.69, 9.17) is 16.3 Å². The Morgan fingerprint density at radius 1 is 1.19 bits per heavy atom. The van der Waals surface area contributed by atoms with Gasteiger partial charge in [-0.05, 0) is 36.1 Å². The highest BCUT2D eigenvalue weighted by atomic mass is 79.9. The van der Waals surface area contributed by atoms with Crippen LogP contribution in [0.2, 0.25) is 5.15 Å². The molecule has 5 rings (SSSR count). The third kappa shape index (κ3) is 2.16. The van der Waals surface area contributed by atoms with Gasteiger partial charge in [-0.1, -0.05) is 70.0 Å². The summed E-state index contributed by atoms with van der Waals surface area (Å²) in [5.74, 6) is 0.477. The SMILES string of the molecule is Cn1nc2c(c1Cl)OC1(c3ccc(Br)cc3)C(c3ccccc3)CCC21O. The number of fused-ring (bicyclic) bond motifs is 3. The van der Waals surface area contributed by atoms with Gasteiger partial charge >= 0.3 is 0 Å². The van der Waals surface area contributed by atoms with E-state index in [1.54, 1.807) is 11.7 Å². The van der Waals surface area contributed by atoms with Crippen LogP contribution in [0.5, 0.6) is 5.75 Å². The highest BCUT2D eigenvalue weighted by molar-refractivity contribution is 9.10. The van der Waals surface area contributed by atoms with Gasteiger partial charge in [0.25, 0.3) is 0 Å². The number of rotatable bonds is 2. The van der Waals surface area contributed by atoms with Crippen LogP contribution >= 0.6 is 27.5 Å². The first-order chi connectivity index (χ1) is 13.0. The number of ether oxygens (including phenoxy) is 1. The van der Waals surface area contributed by atoms with Gasteiger partial charge in [0.15, 0.2) is 22.1 Å². The van der Waals surface area contributed by atoms with E-state index in [1.807, 2.05) is 42.5 Å². The first-order valence-corrected chi connectivity index (χ1v) is 10.1. The number of aromatic nitrogens is 2. The van der Waals surface area contributed by atoms with E-state index < -0.39 is 11.2 Å². The van der Waals surface area contributed by atoms with Crippen LogP contribution in [0, 0.1) is 0 Å². The molecule has 0 radical (unpaired) electrons. The zero-order valence-electron chi connectivity index (χ0n) is 14.7. The van der Waals surface area contributed by atoms with Crippen LogP contribution in [0.3, 0.4) is 0 Å². The number of aliphatic hydroxyl groups is 1. The third-order valence-corrected chi connectivity index (χ3v) is 6.91. The van der Waals surface area contributed by atoms with Crippen molar-refractivity contribution in [3.05, 3.63) is 81.0 Å². The summed E-state index contributed by atoms with van der Waals surface area (Å²) in [6.45, 7) is 0. The molecule has 3 unspecified atom stereocenters. The average molecular weight is 446 g/mol. The fourth-order valence-corrected chi connectivity index (χ4v) is 5.20. The minimum atomic E-state index is -1.23. The molecular formula is C21H18BrClN2O2. The van der Waals surface area contributed by atoms with Crippen LogP contribution in [-0.4, -0.2) is 14.9 Å². The molecule has 27 heavy (non-hydrogen) atoms. The Morgan fingerprint density at radius 3 is 2.59 bits per heavy atom. The third-order valence-electron chi connectivity index (χ3n) is 5.97. The van der Waals surface area contributed by atoms with E-state index in [-0.39, 0.29) is 5.92 Å². The van der Waals surface area contributed by atoms with Crippen LogP contribution in [0.1, 0.15) is 35.6 Å². The van der Waals surface area contributed by atoms with Crippen LogP contribution in [-0.2, 0) is 18.2 Å². The second-order valence-corrected chi connectivity index (χ2v) is 8.57. The predicted octanol–water partition coefficient (Wildman–Crippen LogP) is 4.89. The van der Waals surface area contributed by atoms with Crippen molar-refractivity contribution in [1.29, 1.82) is 0 Å². The van der Waals surface area contributed by atoms with Crippen molar-refractivity contribution < 1.29 is 9.84 Å². The van der Waals surface area contributed by atoms with E-state index in [2.05, 4.69) is 33.2 Å². The maximum atomic E-state index is 12.0. The van der Waals surface area contributed by atoms with Gasteiger partial charge in [-0.3, -0.25) is 4.68 Å². The lowest BCUT2D eigenvalue weighted by atomic mass is 9.73. The fraction of sp³-hybridized carbons (Fsp3) is 0.286. The van der Waals surface area contributed by atoms with E-state index in [0.29, 0.717) is 23.0 Å². The summed E-state index contributed by atoms with van der Waals surface area (Å²) in [6.07, 6.45) is 1.35. The van der Waals surface area contributed by atoms with Crippen molar-refractivity contribution in [1.82, 2.24) is 9.78 Å². The molecule has 1 N–H and O–H groups in total. The Bertz CT molecular complexity index is 1020. The van der Waals surface area contributed by atoms with Crippen molar-refractivity contribution in [3.8, 4) is 5.75 Å². The van der Waals surface area contributed by atoms with Gasteiger partial charge in [0.05, 0.1) is 0 Å². The zero-order valence-corrected chi connectivity index (χ0v) is 17.0. The molecule has 0 spiro atoms. The topological polar surface area (TPSA) is 47.3 Å². The molecule has 3 aromatic rings. The number of hydrogen-bond donors (Lipinski definition) is 1. The van der Waals surface area contributed by atoms with Gasteiger partial charge in [-0.15, -0.1) is 0 Å². The highest BCUT2D eigenvalue weighted by Crippen LogP contribution is 2.67. The molecule has 2 heterocycles. The molecule has 0 bridgehead atoms. The van der Waals surface area contributed by atoms with E-state index in [0.717, 1.165) is 22.0 Å². The quantitative estimate of drug-likeness (QED) is 0.611. The van der Waals surface area contributed by atoms with Gasteiger partial charge in [0, 0.05) is 17.4 Å². The van der Waals surface area contributed by atoms with Gasteiger partial charge in [0.1, 0.15) is 5.69 Å². The monoisotopic (exact) mass is 444 g/mol. The summed E-state index contributed by atoms with van der Waals surface area (Å²) in [6, 6.07) is 18.2. The lowest BCUT2D eigenvalue weighted by Gasteiger charge is -2.40. The first kappa shape index (κ1) is 17.3. The number of hydrogen-bond acceptors (Lipinski definition) is 3. The first-order valence-electron chi connectivity index (χ1n) is 8.93. The largest absolute Gasteiger partial charge is 0.473 e. The standard InChI is InChI=1S/C21H18BrClN2O2/c1-25-19(23)17-18(24-25)20(26)12-11-16(13-5-3-2-4-6-13)21(20,27-17)14-7-9-15(22)10-8-14/h2-10,16,26H,11-12H2,1H3. The van der Waals surface area contributed by atoms with Gasteiger partial charge < -0.3 is 9.84 Å². The van der Waals surface area contributed by atoms with E-state index >= 15 is 0 Å². The van der Waals surface area contributed by atoms with Crippen LogP contribution in [0.15, 0.2) is 59.1 Å². The minimum Gasteiger partial charge on any atom is -0.473 e. The second kappa shape index (κ2) is 5.84. The fourth-order valence-electron chi connectivity index (χ4n) is 4.77. The maximum absolute atomic E-state index is 12.0. The molecule has 2 aromatic carbocycles. The van der Waals surface area contributed by atoms with E-state index in [1.165, 1.54) is 0 Å². The van der Waals surface area contributed by atoms with E-state index in [9.17, 15) is 5.11 Å². The van der Waals surface area contributed by atoms with Crippen molar-refractivity contribution in [2.45, 2.75) is 30.0 Å². The molecule has 4 nitrogen and oxygen atoms in total.